The van der Waals surface area contributed by atoms with Gasteiger partial charge in [0, 0.05) is 11.9 Å². The largest absolute Gasteiger partial charge is 0.416 e. The molecule has 206 valence electrons. The minimum absolute atomic E-state index is 0.0918. The van der Waals surface area contributed by atoms with Crippen LogP contribution in [0.1, 0.15) is 28.7 Å². The Balaban J connectivity index is 1.40. The molecule has 0 spiro atoms. The zero-order chi connectivity index (χ0) is 28.1. The summed E-state index contributed by atoms with van der Waals surface area (Å²) < 4.78 is 80.9. The number of aliphatic hydroxyl groups is 1. The number of carbonyl (C=O) groups is 2. The number of rotatable bonds is 4. The average molecular weight is 571 g/mol. The highest BCUT2D eigenvalue weighted by Crippen LogP contribution is 2.38. The fourth-order valence-corrected chi connectivity index (χ4v) is 5.53. The third-order valence-corrected chi connectivity index (χ3v) is 7.48. The van der Waals surface area contributed by atoms with Crippen LogP contribution in [-0.2, 0) is 23.7 Å². The van der Waals surface area contributed by atoms with Crippen LogP contribution in [0.5, 0.6) is 0 Å². The molecular weight excluding hydrogens is 550 g/mol. The summed E-state index contributed by atoms with van der Waals surface area (Å²) in [6.45, 7) is 0.437. The maximum absolute atomic E-state index is 13.6. The molecule has 3 aromatic rings. The third-order valence-electron chi connectivity index (χ3n) is 6.60. The number of carbonyl (C=O) groups excluding carboxylic acids is 2. The molecule has 3 heterocycles. The van der Waals surface area contributed by atoms with Gasteiger partial charge in [0.15, 0.2) is 0 Å². The highest BCUT2D eigenvalue weighted by atomic mass is 32.2. The summed E-state index contributed by atoms with van der Waals surface area (Å²) >= 11 is 0.744. The van der Waals surface area contributed by atoms with Gasteiger partial charge in [-0.2, -0.15) is 31.4 Å². The van der Waals surface area contributed by atoms with E-state index in [4.69, 9.17) is 0 Å². The van der Waals surface area contributed by atoms with Crippen LogP contribution in [0, 0.1) is 0 Å². The summed E-state index contributed by atoms with van der Waals surface area (Å²) in [7, 11) is 0. The Kier molecular flexibility index (Phi) is 6.97. The first kappa shape index (κ1) is 27.2. The van der Waals surface area contributed by atoms with Gasteiger partial charge in [0.1, 0.15) is 0 Å². The number of fused-ring (bicyclic) bond motifs is 1. The van der Waals surface area contributed by atoms with Crippen molar-refractivity contribution < 1.29 is 41.0 Å². The molecule has 2 aliphatic rings. The van der Waals surface area contributed by atoms with Crippen molar-refractivity contribution in [2.24, 2.45) is 0 Å². The SMILES string of the molecule is O=C1S/C(=C\c2ccc3c(cnn3Cc3ccc(C(F)(F)F)cc3C(F)(F)F)c2)C(=O)N1[C@@H]1CNCC[C@H]1O. The number of alkyl halides is 6. The second-order valence-corrected chi connectivity index (χ2v) is 10.2. The monoisotopic (exact) mass is 570 g/mol. The number of halogens is 6. The Labute approximate surface area is 221 Å². The van der Waals surface area contributed by atoms with E-state index in [2.05, 4.69) is 10.4 Å². The highest BCUT2D eigenvalue weighted by molar-refractivity contribution is 8.18. The number of nitrogens with zero attached hydrogens (tertiary/aromatic N) is 3. The summed E-state index contributed by atoms with van der Waals surface area (Å²) in [5.74, 6) is -0.532. The molecule has 0 unspecified atom stereocenters. The zero-order valence-corrected chi connectivity index (χ0v) is 20.7. The molecule has 2 aromatic carbocycles. The minimum atomic E-state index is -5.00. The van der Waals surface area contributed by atoms with Crippen LogP contribution in [0.4, 0.5) is 31.1 Å². The molecule has 2 fully saturated rings. The molecule has 0 radical (unpaired) electrons. The van der Waals surface area contributed by atoms with Crippen LogP contribution in [-0.4, -0.2) is 56.2 Å². The van der Waals surface area contributed by atoms with Crippen molar-refractivity contribution in [1.82, 2.24) is 20.0 Å². The van der Waals surface area contributed by atoms with Crippen molar-refractivity contribution in [3.8, 4) is 0 Å². The van der Waals surface area contributed by atoms with Crippen LogP contribution < -0.4 is 5.32 Å². The molecule has 2 N–H and O–H groups in total. The summed E-state index contributed by atoms with van der Waals surface area (Å²) in [6, 6.07) is 5.58. The molecule has 2 amide bonds. The van der Waals surface area contributed by atoms with E-state index < -0.39 is 53.3 Å². The average Bonchev–Trinajstić information content (AvgIpc) is 3.37. The zero-order valence-electron chi connectivity index (χ0n) is 19.9. The van der Waals surface area contributed by atoms with Crippen LogP contribution in [0.25, 0.3) is 17.0 Å². The lowest BCUT2D eigenvalue weighted by atomic mass is 10.0. The van der Waals surface area contributed by atoms with Gasteiger partial charge in [0.05, 0.1) is 46.4 Å². The van der Waals surface area contributed by atoms with Crippen molar-refractivity contribution in [3.05, 3.63) is 69.8 Å². The van der Waals surface area contributed by atoms with Gasteiger partial charge in [-0.05, 0) is 66.2 Å². The van der Waals surface area contributed by atoms with Crippen molar-refractivity contribution in [2.75, 3.05) is 13.1 Å². The molecule has 7 nitrogen and oxygen atoms in total. The normalized spacial score (nSPS) is 21.9. The summed E-state index contributed by atoms with van der Waals surface area (Å²) in [5, 5.41) is 17.4. The quantitative estimate of drug-likeness (QED) is 0.344. The lowest BCUT2D eigenvalue weighted by molar-refractivity contribution is -0.143. The number of imide groups is 1. The van der Waals surface area contributed by atoms with Crippen molar-refractivity contribution in [2.45, 2.75) is 37.5 Å². The fraction of sp³-hybridized carbons (Fsp3) is 0.320. The first-order chi connectivity index (χ1) is 18.3. The number of aromatic nitrogens is 2. The second kappa shape index (κ2) is 9.99. The van der Waals surface area contributed by atoms with Gasteiger partial charge in [-0.25, -0.2) is 0 Å². The van der Waals surface area contributed by atoms with Crippen molar-refractivity contribution >= 4 is 39.9 Å². The molecule has 0 aliphatic carbocycles. The summed E-state index contributed by atoms with van der Waals surface area (Å²) in [5.41, 5.74) is -2.22. The summed E-state index contributed by atoms with van der Waals surface area (Å²) in [6.07, 6.45) is -7.46. The van der Waals surface area contributed by atoms with Gasteiger partial charge in [-0.1, -0.05) is 12.1 Å². The van der Waals surface area contributed by atoms with E-state index in [1.807, 2.05) is 0 Å². The van der Waals surface area contributed by atoms with Crippen LogP contribution in [0.3, 0.4) is 0 Å². The van der Waals surface area contributed by atoms with E-state index in [-0.39, 0.29) is 23.1 Å². The molecule has 1 aromatic heterocycles. The van der Waals surface area contributed by atoms with Gasteiger partial charge in [0.25, 0.3) is 11.1 Å². The fourth-order valence-electron chi connectivity index (χ4n) is 4.65. The lowest BCUT2D eigenvalue weighted by Gasteiger charge is -2.33. The van der Waals surface area contributed by atoms with Crippen molar-refractivity contribution in [3.63, 3.8) is 0 Å². The van der Waals surface area contributed by atoms with E-state index in [9.17, 15) is 41.0 Å². The van der Waals surface area contributed by atoms with Gasteiger partial charge in [-0.3, -0.25) is 19.2 Å². The number of benzene rings is 2. The number of aliphatic hydroxyl groups excluding tert-OH is 1. The molecule has 2 aliphatic heterocycles. The van der Waals surface area contributed by atoms with Crippen LogP contribution in [0.2, 0.25) is 0 Å². The Morgan fingerprint density at radius 1 is 1.08 bits per heavy atom. The standard InChI is InChI=1S/C25H20F6N4O3S/c26-24(27,28)16-3-2-14(17(9-16)25(29,30)31)12-34-18-4-1-13(7-15(18)10-33-34)8-21-22(37)35(23(38)39-21)19-11-32-6-5-20(19)36/h1-4,7-10,19-20,32,36H,5-6,11-12H2/b21-8-/t19-,20-/m1/s1. The number of nitrogens with one attached hydrogen (secondary N) is 1. The van der Waals surface area contributed by atoms with E-state index >= 15 is 0 Å². The second-order valence-electron chi connectivity index (χ2n) is 9.17. The number of amides is 2. The molecule has 0 bridgehead atoms. The number of hydrogen-bond acceptors (Lipinski definition) is 6. The molecular formula is C25H20F6N4O3S. The van der Waals surface area contributed by atoms with Gasteiger partial charge in [-0.15, -0.1) is 0 Å². The maximum Gasteiger partial charge on any atom is 0.416 e. The Morgan fingerprint density at radius 2 is 1.85 bits per heavy atom. The predicted molar refractivity (Wildman–Crippen MR) is 130 cm³/mol. The van der Waals surface area contributed by atoms with Crippen LogP contribution >= 0.6 is 11.8 Å². The molecule has 2 atom stereocenters. The topological polar surface area (TPSA) is 87.5 Å². The lowest BCUT2D eigenvalue weighted by Crippen LogP contribution is -2.55. The van der Waals surface area contributed by atoms with Gasteiger partial charge < -0.3 is 10.4 Å². The van der Waals surface area contributed by atoms with E-state index in [0.29, 0.717) is 35.5 Å². The van der Waals surface area contributed by atoms with Crippen molar-refractivity contribution in [1.29, 1.82) is 0 Å². The molecule has 2 saturated heterocycles. The Hall–Kier alpha value is -3.36. The number of piperidine rings is 1. The predicted octanol–water partition coefficient (Wildman–Crippen LogP) is 4.88. The van der Waals surface area contributed by atoms with E-state index in [0.717, 1.165) is 22.7 Å². The van der Waals surface area contributed by atoms with Gasteiger partial charge >= 0.3 is 12.4 Å². The Morgan fingerprint density at radius 3 is 2.54 bits per heavy atom. The smallest absolute Gasteiger partial charge is 0.391 e. The Bertz CT molecular complexity index is 1480. The number of thioether (sulfide) groups is 1. The van der Waals surface area contributed by atoms with Crippen LogP contribution in [0.15, 0.2) is 47.5 Å². The van der Waals surface area contributed by atoms with Gasteiger partial charge in [0.2, 0.25) is 0 Å². The maximum atomic E-state index is 13.6. The highest BCUT2D eigenvalue weighted by Gasteiger charge is 2.43. The summed E-state index contributed by atoms with van der Waals surface area (Å²) in [4.78, 5) is 26.7. The molecule has 39 heavy (non-hydrogen) atoms. The number of hydrogen-bond donors (Lipinski definition) is 2. The molecule has 14 heteroatoms. The van der Waals surface area contributed by atoms with E-state index in [1.165, 1.54) is 17.0 Å². The molecule has 0 saturated carbocycles. The first-order valence-corrected chi connectivity index (χ1v) is 12.5. The molecule has 5 rings (SSSR count). The van der Waals surface area contributed by atoms with E-state index in [1.54, 1.807) is 18.2 Å². The first-order valence-electron chi connectivity index (χ1n) is 11.7. The third kappa shape index (κ3) is 5.40. The minimum Gasteiger partial charge on any atom is -0.391 e.